The van der Waals surface area contributed by atoms with E-state index in [1.807, 2.05) is 0 Å². The molecule has 0 aliphatic carbocycles. The van der Waals surface area contributed by atoms with Crippen LogP contribution in [0.1, 0.15) is 5.56 Å². The van der Waals surface area contributed by atoms with E-state index in [1.165, 1.54) is 18.2 Å². The first-order valence-electron chi connectivity index (χ1n) is 3.41. The number of halogens is 4. The Morgan fingerprint density at radius 2 is 1.92 bits per heavy atom. The fourth-order valence-electron chi connectivity index (χ4n) is 0.823. The van der Waals surface area contributed by atoms with Gasteiger partial charge in [-0.2, -0.15) is 0 Å². The third-order valence-corrected chi connectivity index (χ3v) is 1.68. The summed E-state index contributed by atoms with van der Waals surface area (Å²) in [5.41, 5.74) is 0.314. The third-order valence-electron chi connectivity index (χ3n) is 1.44. The molecule has 0 N–H and O–H groups in total. The summed E-state index contributed by atoms with van der Waals surface area (Å²) in [5.74, 6) is -0.174. The van der Waals surface area contributed by atoms with Crippen molar-refractivity contribution < 1.29 is 9.13 Å². The standard InChI is InChI=1S/C8H6Cl3FO/c1-5-6(12)3-2-4-7(5)13-8(9,10)11/h2-4H,1H3. The summed E-state index contributed by atoms with van der Waals surface area (Å²) in [4.78, 5) is 0. The van der Waals surface area contributed by atoms with Gasteiger partial charge in [-0.1, -0.05) is 6.07 Å². The highest BCUT2D eigenvalue weighted by molar-refractivity contribution is 6.66. The molecule has 0 aliphatic heterocycles. The summed E-state index contributed by atoms with van der Waals surface area (Å²) < 4.78 is 16.0. The lowest BCUT2D eigenvalue weighted by atomic mass is 10.2. The maximum atomic E-state index is 12.9. The summed E-state index contributed by atoms with van der Waals surface area (Å²) in [6.07, 6.45) is 0. The first-order chi connectivity index (χ1) is 5.90. The summed E-state index contributed by atoms with van der Waals surface area (Å²) in [7, 11) is 0. The molecule has 72 valence electrons. The van der Waals surface area contributed by atoms with Crippen LogP contribution < -0.4 is 4.74 Å². The Balaban J connectivity index is 2.96. The second-order valence-corrected chi connectivity index (χ2v) is 4.59. The van der Waals surface area contributed by atoms with Gasteiger partial charge in [0.1, 0.15) is 11.6 Å². The fraction of sp³-hybridized carbons (Fsp3) is 0.250. The lowest BCUT2D eigenvalue weighted by Crippen LogP contribution is -2.13. The van der Waals surface area contributed by atoms with E-state index in [0.717, 1.165) is 0 Å². The zero-order valence-electron chi connectivity index (χ0n) is 6.65. The Labute approximate surface area is 90.4 Å². The van der Waals surface area contributed by atoms with Crippen LogP contribution in [0.4, 0.5) is 4.39 Å². The fourth-order valence-corrected chi connectivity index (χ4v) is 1.07. The van der Waals surface area contributed by atoms with Gasteiger partial charge in [0.2, 0.25) is 0 Å². The molecule has 1 rings (SSSR count). The quantitative estimate of drug-likeness (QED) is 0.681. The number of rotatable bonds is 1. The molecule has 1 aromatic carbocycles. The maximum Gasteiger partial charge on any atom is 0.338 e. The van der Waals surface area contributed by atoms with Crippen LogP contribution in [0.3, 0.4) is 0 Å². The van der Waals surface area contributed by atoms with Crippen LogP contribution in [0.25, 0.3) is 0 Å². The van der Waals surface area contributed by atoms with Crippen LogP contribution in [-0.4, -0.2) is 3.98 Å². The molecular formula is C8H6Cl3FO. The minimum atomic E-state index is -1.86. The number of hydrogen-bond acceptors (Lipinski definition) is 1. The molecule has 0 heterocycles. The van der Waals surface area contributed by atoms with E-state index in [-0.39, 0.29) is 5.75 Å². The first kappa shape index (κ1) is 10.9. The van der Waals surface area contributed by atoms with Crippen LogP contribution in [0, 0.1) is 12.7 Å². The molecule has 0 aromatic heterocycles. The van der Waals surface area contributed by atoms with E-state index >= 15 is 0 Å². The Kier molecular flexibility index (Phi) is 3.28. The van der Waals surface area contributed by atoms with Crippen LogP contribution >= 0.6 is 34.8 Å². The number of alkyl halides is 3. The summed E-state index contributed by atoms with van der Waals surface area (Å²) in [6, 6.07) is 4.31. The van der Waals surface area contributed by atoms with Crippen molar-refractivity contribution >= 4 is 34.8 Å². The molecule has 0 atom stereocenters. The zero-order chi connectivity index (χ0) is 10.1. The van der Waals surface area contributed by atoms with E-state index in [2.05, 4.69) is 0 Å². The molecule has 0 fully saturated rings. The second-order valence-electron chi connectivity index (χ2n) is 2.41. The van der Waals surface area contributed by atoms with Crippen molar-refractivity contribution in [3.8, 4) is 5.75 Å². The zero-order valence-corrected chi connectivity index (χ0v) is 8.92. The molecule has 1 nitrogen and oxygen atoms in total. The molecule has 0 aliphatic rings. The van der Waals surface area contributed by atoms with E-state index in [9.17, 15) is 4.39 Å². The highest BCUT2D eigenvalue weighted by Gasteiger charge is 2.23. The van der Waals surface area contributed by atoms with Gasteiger partial charge in [-0.05, 0) is 53.9 Å². The maximum absolute atomic E-state index is 12.9. The Morgan fingerprint density at radius 3 is 2.46 bits per heavy atom. The minimum absolute atomic E-state index is 0.222. The van der Waals surface area contributed by atoms with Gasteiger partial charge >= 0.3 is 3.98 Å². The van der Waals surface area contributed by atoms with Crippen molar-refractivity contribution in [2.75, 3.05) is 0 Å². The summed E-state index contributed by atoms with van der Waals surface area (Å²) in [5, 5.41) is 0. The summed E-state index contributed by atoms with van der Waals surface area (Å²) >= 11 is 16.1. The van der Waals surface area contributed by atoms with Crippen LogP contribution in [0.15, 0.2) is 18.2 Å². The van der Waals surface area contributed by atoms with Crippen molar-refractivity contribution in [2.45, 2.75) is 10.9 Å². The van der Waals surface area contributed by atoms with Crippen LogP contribution in [0.2, 0.25) is 0 Å². The number of hydrogen-bond donors (Lipinski definition) is 0. The second kappa shape index (κ2) is 3.91. The molecule has 0 bridgehead atoms. The van der Waals surface area contributed by atoms with Gasteiger partial charge < -0.3 is 4.74 Å². The molecule has 0 unspecified atom stereocenters. The predicted octanol–water partition coefficient (Wildman–Crippen LogP) is 3.84. The van der Waals surface area contributed by atoms with Gasteiger partial charge in [-0.25, -0.2) is 4.39 Å². The van der Waals surface area contributed by atoms with Crippen LogP contribution in [0.5, 0.6) is 5.75 Å². The minimum Gasteiger partial charge on any atom is -0.445 e. The van der Waals surface area contributed by atoms with Crippen molar-refractivity contribution in [2.24, 2.45) is 0 Å². The lowest BCUT2D eigenvalue weighted by molar-refractivity contribution is 0.316. The first-order valence-corrected chi connectivity index (χ1v) is 4.54. The largest absolute Gasteiger partial charge is 0.445 e. The SMILES string of the molecule is Cc1c(F)cccc1OC(Cl)(Cl)Cl. The topological polar surface area (TPSA) is 9.23 Å². The Bertz CT molecular complexity index is 309. The van der Waals surface area contributed by atoms with Crippen molar-refractivity contribution in [3.63, 3.8) is 0 Å². The molecule has 0 saturated carbocycles. The van der Waals surface area contributed by atoms with E-state index in [1.54, 1.807) is 6.92 Å². The molecule has 0 radical (unpaired) electrons. The summed E-state index contributed by atoms with van der Waals surface area (Å²) in [6.45, 7) is 1.54. The highest BCUT2D eigenvalue weighted by atomic mass is 35.6. The Hall–Kier alpha value is -0.180. The molecule has 13 heavy (non-hydrogen) atoms. The normalized spacial score (nSPS) is 11.5. The van der Waals surface area contributed by atoms with E-state index < -0.39 is 9.80 Å². The third kappa shape index (κ3) is 3.22. The number of benzene rings is 1. The monoisotopic (exact) mass is 242 g/mol. The molecule has 1 aromatic rings. The van der Waals surface area contributed by atoms with E-state index in [4.69, 9.17) is 39.5 Å². The lowest BCUT2D eigenvalue weighted by Gasteiger charge is -2.15. The number of ether oxygens (including phenoxy) is 1. The molecule has 0 saturated heterocycles. The smallest absolute Gasteiger partial charge is 0.338 e. The molecular weight excluding hydrogens is 237 g/mol. The van der Waals surface area contributed by atoms with Crippen LogP contribution in [-0.2, 0) is 0 Å². The average Bonchev–Trinajstić information content (AvgIpc) is 1.96. The van der Waals surface area contributed by atoms with Gasteiger partial charge in [0.25, 0.3) is 0 Å². The van der Waals surface area contributed by atoms with Gasteiger partial charge in [-0.15, -0.1) is 0 Å². The van der Waals surface area contributed by atoms with Gasteiger partial charge in [-0.3, -0.25) is 0 Å². The highest BCUT2D eigenvalue weighted by Crippen LogP contribution is 2.32. The Morgan fingerprint density at radius 1 is 1.31 bits per heavy atom. The van der Waals surface area contributed by atoms with Crippen molar-refractivity contribution in [1.29, 1.82) is 0 Å². The van der Waals surface area contributed by atoms with Gasteiger partial charge in [0.05, 0.1) is 0 Å². The average molecular weight is 243 g/mol. The van der Waals surface area contributed by atoms with E-state index in [0.29, 0.717) is 5.56 Å². The molecule has 0 amide bonds. The van der Waals surface area contributed by atoms with Crippen molar-refractivity contribution in [1.82, 2.24) is 0 Å². The van der Waals surface area contributed by atoms with Crippen molar-refractivity contribution in [3.05, 3.63) is 29.6 Å². The van der Waals surface area contributed by atoms with Gasteiger partial charge in [0.15, 0.2) is 0 Å². The molecule has 0 spiro atoms. The predicted molar refractivity (Wildman–Crippen MR) is 52.1 cm³/mol. The van der Waals surface area contributed by atoms with Gasteiger partial charge in [0, 0.05) is 5.56 Å². The molecule has 5 heteroatoms.